The van der Waals surface area contributed by atoms with E-state index in [2.05, 4.69) is 5.32 Å². The van der Waals surface area contributed by atoms with Gasteiger partial charge in [-0.25, -0.2) is 9.59 Å². The molecular weight excluding hydrogens is 498 g/mol. The second kappa shape index (κ2) is 12.0. The zero-order valence-corrected chi connectivity index (χ0v) is 21.3. The minimum absolute atomic E-state index is 0. The molecule has 9 nitrogen and oxygen atoms in total. The number of hydrogen-bond donors (Lipinski definition) is 1. The maximum atomic E-state index is 13.8. The van der Waals surface area contributed by atoms with Crippen LogP contribution in [-0.2, 0) is 25.6 Å². The summed E-state index contributed by atoms with van der Waals surface area (Å²) in [5.41, 5.74) is 1.34. The lowest BCUT2D eigenvalue weighted by Gasteiger charge is -2.30. The molecule has 0 aromatic heterocycles. The van der Waals surface area contributed by atoms with Crippen LogP contribution in [0.25, 0.3) is 0 Å². The number of likely N-dealkylation sites (tertiary alicyclic amines) is 1. The Balaban J connectivity index is 0.00000462. The Morgan fingerprint density at radius 2 is 1.78 bits per heavy atom. The maximum Gasteiger partial charge on any atom is 0.337 e. The lowest BCUT2D eigenvalue weighted by molar-refractivity contribution is -0.384. The number of nitro groups is 1. The molecule has 2 heterocycles. The van der Waals surface area contributed by atoms with Crippen LogP contribution in [0.1, 0.15) is 42.8 Å². The van der Waals surface area contributed by atoms with Crippen molar-refractivity contribution in [3.63, 3.8) is 0 Å². The molecule has 10 heteroatoms. The van der Waals surface area contributed by atoms with Gasteiger partial charge < -0.3 is 14.8 Å². The van der Waals surface area contributed by atoms with Crippen LogP contribution in [-0.4, -0.2) is 48.0 Å². The zero-order valence-electron chi connectivity index (χ0n) is 24.5. The molecule has 0 saturated carbocycles. The number of carbonyl (C=O) groups excluding carboxylic acids is 2. The summed E-state index contributed by atoms with van der Waals surface area (Å²) in [7, 11) is 1.17. The number of benzene rings is 2. The Labute approximate surface area is 227 Å². The topological polar surface area (TPSA) is 111 Å². The number of carbonyl (C=O) groups is 2. The summed E-state index contributed by atoms with van der Waals surface area (Å²) >= 11 is 0. The lowest BCUT2D eigenvalue weighted by Crippen LogP contribution is -2.34. The van der Waals surface area contributed by atoms with Crippen LogP contribution in [0.4, 0.5) is 5.69 Å². The van der Waals surface area contributed by atoms with Crippen LogP contribution in [0.5, 0.6) is 0 Å². The van der Waals surface area contributed by atoms with Crippen LogP contribution in [0.3, 0.4) is 0 Å². The van der Waals surface area contributed by atoms with E-state index in [0.29, 0.717) is 17.0 Å². The van der Waals surface area contributed by atoms with Crippen LogP contribution in [0.2, 0.25) is 0 Å². The van der Waals surface area contributed by atoms with E-state index in [1.54, 1.807) is 44.2 Å². The highest BCUT2D eigenvalue weighted by molar-refractivity contribution is 6.00. The average molecular weight is 532 g/mol. The third kappa shape index (κ3) is 6.18. The van der Waals surface area contributed by atoms with E-state index >= 15 is 0 Å². The summed E-state index contributed by atoms with van der Waals surface area (Å²) < 4.78 is 45.0. The van der Waals surface area contributed by atoms with Gasteiger partial charge in [-0.05, 0) is 31.4 Å². The number of rotatable bonds is 7. The molecule has 196 valence electrons. The van der Waals surface area contributed by atoms with E-state index in [-0.39, 0.29) is 41.3 Å². The zero-order chi connectivity index (χ0) is 29.4. The molecule has 0 unspecified atom stereocenters. The molecule has 0 spiro atoms. The van der Waals surface area contributed by atoms with Crippen molar-refractivity contribution >= 4 is 30.0 Å². The standard InChI is InChI=1S/C27H29N3O6.ClH/c1-17-23(26(31)35-3)25(20-10-7-11-21(14-20)30(33)34)24(18(2)28-17)27(32)36-22-12-13-29(16-22)15-19-8-5-4-6-9-19;/h4-11,14,22,25,28H,12-13,15-16H2,1-3H3;1H/t22-,25-;/m0./s1/i13D2,16D2;. The van der Waals surface area contributed by atoms with Gasteiger partial charge in [0.15, 0.2) is 0 Å². The Hall–Kier alpha value is -3.69. The first-order chi connectivity index (χ1) is 18.8. The van der Waals surface area contributed by atoms with E-state index in [1.165, 1.54) is 31.4 Å². The number of allylic oxidation sites excluding steroid dienone is 2. The Morgan fingerprint density at radius 1 is 1.11 bits per heavy atom. The molecule has 2 aliphatic heterocycles. The van der Waals surface area contributed by atoms with Crippen molar-refractivity contribution in [2.45, 2.75) is 38.8 Å². The van der Waals surface area contributed by atoms with Gasteiger partial charge >= 0.3 is 11.9 Å². The molecule has 1 fully saturated rings. The van der Waals surface area contributed by atoms with Crippen LogP contribution >= 0.6 is 12.4 Å². The molecular formula is C27H30ClN3O6. The third-order valence-electron chi connectivity index (χ3n) is 6.00. The number of halogens is 1. The van der Waals surface area contributed by atoms with Crippen LogP contribution < -0.4 is 5.32 Å². The fourth-order valence-corrected chi connectivity index (χ4v) is 4.38. The summed E-state index contributed by atoms with van der Waals surface area (Å²) in [6.07, 6.45) is -1.92. The monoisotopic (exact) mass is 531 g/mol. The predicted molar refractivity (Wildman–Crippen MR) is 140 cm³/mol. The molecule has 2 atom stereocenters. The molecule has 1 saturated heterocycles. The van der Waals surface area contributed by atoms with Crippen LogP contribution in [0, 0.1) is 10.1 Å². The predicted octanol–water partition coefficient (Wildman–Crippen LogP) is 4.24. The SMILES string of the molecule is Cl.[2H]C1([2H])C[C@H](OC(=O)C2=C(C)NC(C)=C(C(=O)OC)[C@@H]2c2cccc([N+](=O)[O-])c2)C([2H])([2H])N1Cc1ccccc1. The van der Waals surface area contributed by atoms with Gasteiger partial charge in [0.05, 0.1) is 29.1 Å². The van der Waals surface area contributed by atoms with E-state index in [0.717, 1.165) is 4.90 Å². The number of nitro benzene ring substituents is 1. The van der Waals surface area contributed by atoms with Crippen molar-refractivity contribution in [1.29, 1.82) is 0 Å². The first-order valence-corrected chi connectivity index (χ1v) is 11.3. The minimum Gasteiger partial charge on any atom is -0.466 e. The Kier molecular flexibility index (Phi) is 7.32. The maximum absolute atomic E-state index is 13.8. The lowest BCUT2D eigenvalue weighted by atomic mass is 9.80. The fourth-order valence-electron chi connectivity index (χ4n) is 4.38. The van der Waals surface area contributed by atoms with Gasteiger partial charge in [-0.3, -0.25) is 15.0 Å². The Bertz CT molecular complexity index is 1420. The molecule has 2 aromatic rings. The van der Waals surface area contributed by atoms with E-state index in [1.807, 2.05) is 0 Å². The quantitative estimate of drug-likeness (QED) is 0.321. The van der Waals surface area contributed by atoms with E-state index < -0.39 is 48.3 Å². The highest BCUT2D eigenvalue weighted by Gasteiger charge is 2.39. The van der Waals surface area contributed by atoms with E-state index in [4.69, 9.17) is 15.0 Å². The summed E-state index contributed by atoms with van der Waals surface area (Å²) in [5.74, 6) is -2.87. The number of esters is 2. The second-order valence-corrected chi connectivity index (χ2v) is 8.44. The van der Waals surface area contributed by atoms with E-state index in [9.17, 15) is 19.7 Å². The van der Waals surface area contributed by atoms with Gasteiger partial charge in [-0.15, -0.1) is 12.4 Å². The van der Waals surface area contributed by atoms with Crippen molar-refractivity contribution < 1.29 is 29.5 Å². The van der Waals surface area contributed by atoms with Crippen molar-refractivity contribution in [2.24, 2.45) is 0 Å². The van der Waals surface area contributed by atoms with Gasteiger partial charge in [0.2, 0.25) is 0 Å². The molecule has 1 N–H and O–H groups in total. The number of non-ortho nitro benzene ring substituents is 1. The van der Waals surface area contributed by atoms with Gasteiger partial charge in [0.25, 0.3) is 5.69 Å². The van der Waals surface area contributed by atoms with Crippen molar-refractivity contribution in [2.75, 3.05) is 20.1 Å². The van der Waals surface area contributed by atoms with Crippen molar-refractivity contribution in [1.82, 2.24) is 10.2 Å². The molecule has 2 aromatic carbocycles. The fraction of sp³-hybridized carbons (Fsp3) is 0.333. The number of hydrogen-bond acceptors (Lipinski definition) is 8. The first-order valence-electron chi connectivity index (χ1n) is 13.3. The number of nitrogens with one attached hydrogen (secondary N) is 1. The highest BCUT2D eigenvalue weighted by Crippen LogP contribution is 2.40. The van der Waals surface area contributed by atoms with Gasteiger partial charge in [-0.2, -0.15) is 0 Å². The van der Waals surface area contributed by atoms with Crippen molar-refractivity contribution in [3.8, 4) is 0 Å². The minimum atomic E-state index is -2.37. The van der Waals surface area contributed by atoms with Gasteiger partial charge in [0, 0.05) is 48.5 Å². The number of methoxy groups -OCH3 is 1. The summed E-state index contributed by atoms with van der Waals surface area (Å²) in [6.45, 7) is -1.38. The van der Waals surface area contributed by atoms with Gasteiger partial charge in [-0.1, -0.05) is 42.5 Å². The molecule has 0 amide bonds. The number of nitrogens with zero attached hydrogens (tertiary/aromatic N) is 2. The smallest absolute Gasteiger partial charge is 0.337 e. The summed E-state index contributed by atoms with van der Waals surface area (Å²) in [5, 5.41) is 14.4. The number of dihydropyridines is 1. The van der Waals surface area contributed by atoms with Crippen LogP contribution in [0.15, 0.2) is 77.1 Å². The molecule has 0 aliphatic carbocycles. The normalized spacial score (nSPS) is 24.0. The summed E-state index contributed by atoms with van der Waals surface area (Å²) in [4.78, 5) is 38.5. The molecule has 2 aliphatic rings. The largest absolute Gasteiger partial charge is 0.466 e. The first kappa shape index (κ1) is 22.5. The molecule has 0 radical (unpaired) electrons. The number of ether oxygens (including phenoxy) is 2. The Morgan fingerprint density at radius 3 is 2.43 bits per heavy atom. The average Bonchev–Trinajstić information content (AvgIpc) is 3.07. The molecule has 0 bridgehead atoms. The van der Waals surface area contributed by atoms with Gasteiger partial charge in [0.1, 0.15) is 6.10 Å². The summed E-state index contributed by atoms with van der Waals surface area (Å²) in [6, 6.07) is 14.3. The third-order valence-corrected chi connectivity index (χ3v) is 6.00. The highest BCUT2D eigenvalue weighted by atomic mass is 35.5. The molecule has 4 rings (SSSR count). The second-order valence-electron chi connectivity index (χ2n) is 8.44. The molecule has 37 heavy (non-hydrogen) atoms. The van der Waals surface area contributed by atoms with Crippen molar-refractivity contribution in [3.05, 3.63) is 98.4 Å².